The van der Waals surface area contributed by atoms with Crippen LogP contribution >= 0.6 is 23.2 Å². The summed E-state index contributed by atoms with van der Waals surface area (Å²) in [6.45, 7) is 6.33. The lowest BCUT2D eigenvalue weighted by atomic mass is 10.2. The molecule has 0 saturated heterocycles. The summed E-state index contributed by atoms with van der Waals surface area (Å²) in [5.74, 6) is 0. The average molecular weight is 339 g/mol. The summed E-state index contributed by atoms with van der Waals surface area (Å²) in [6.07, 6.45) is 0. The second kappa shape index (κ2) is 7.09. The van der Waals surface area contributed by atoms with Crippen LogP contribution in [0.15, 0.2) is 17.0 Å². The Balaban J connectivity index is 3.41. The molecular formula is C13H20Cl2N2O2S. The van der Waals surface area contributed by atoms with Crippen LogP contribution < -0.4 is 5.32 Å². The van der Waals surface area contributed by atoms with E-state index in [-0.39, 0.29) is 16.0 Å². The maximum absolute atomic E-state index is 12.7. The molecule has 0 heterocycles. The highest BCUT2D eigenvalue weighted by molar-refractivity contribution is 7.89. The van der Waals surface area contributed by atoms with E-state index in [9.17, 15) is 8.42 Å². The number of nitrogens with one attached hydrogen (secondary N) is 1. The molecule has 1 aromatic carbocycles. The molecule has 4 nitrogen and oxygen atoms in total. The van der Waals surface area contributed by atoms with Gasteiger partial charge in [0.2, 0.25) is 10.0 Å². The minimum Gasteiger partial charge on any atom is -0.316 e. The number of sulfonamides is 1. The van der Waals surface area contributed by atoms with Crippen LogP contribution in [-0.2, 0) is 16.6 Å². The first kappa shape index (κ1) is 17.7. The minimum atomic E-state index is -3.62. The predicted octanol–water partition coefficient (Wildman–Crippen LogP) is 3.13. The second-order valence-corrected chi connectivity index (χ2v) is 7.38. The minimum absolute atomic E-state index is 0.101. The first-order valence-corrected chi connectivity index (χ1v) is 8.59. The van der Waals surface area contributed by atoms with Crippen molar-refractivity contribution in [1.82, 2.24) is 9.62 Å². The fourth-order valence-corrected chi connectivity index (χ4v) is 4.52. The summed E-state index contributed by atoms with van der Waals surface area (Å²) in [4.78, 5) is 0.101. The van der Waals surface area contributed by atoms with Crippen molar-refractivity contribution >= 4 is 33.2 Å². The van der Waals surface area contributed by atoms with Crippen LogP contribution in [-0.4, -0.2) is 32.4 Å². The third-order valence-electron chi connectivity index (χ3n) is 2.94. The van der Waals surface area contributed by atoms with Crippen molar-refractivity contribution in [2.75, 3.05) is 13.6 Å². The van der Waals surface area contributed by atoms with Gasteiger partial charge in [0, 0.05) is 24.2 Å². The van der Waals surface area contributed by atoms with Gasteiger partial charge in [0.15, 0.2) is 0 Å². The summed E-state index contributed by atoms with van der Waals surface area (Å²) < 4.78 is 26.8. The second-order valence-electron chi connectivity index (χ2n) is 4.71. The van der Waals surface area contributed by atoms with E-state index in [0.29, 0.717) is 23.7 Å². The van der Waals surface area contributed by atoms with Gasteiger partial charge in [-0.15, -0.1) is 0 Å². The van der Waals surface area contributed by atoms with Crippen LogP contribution in [0.1, 0.15) is 26.3 Å². The zero-order valence-corrected chi connectivity index (χ0v) is 14.4. The van der Waals surface area contributed by atoms with E-state index in [4.69, 9.17) is 23.2 Å². The smallest absolute Gasteiger partial charge is 0.244 e. The first-order valence-electron chi connectivity index (χ1n) is 6.40. The monoisotopic (exact) mass is 338 g/mol. The van der Waals surface area contributed by atoms with Crippen molar-refractivity contribution in [3.05, 3.63) is 27.7 Å². The highest BCUT2D eigenvalue weighted by Gasteiger charge is 2.28. The van der Waals surface area contributed by atoms with E-state index in [1.165, 1.54) is 10.4 Å². The molecule has 1 aromatic rings. The van der Waals surface area contributed by atoms with Gasteiger partial charge in [-0.25, -0.2) is 8.42 Å². The zero-order valence-electron chi connectivity index (χ0n) is 12.1. The van der Waals surface area contributed by atoms with Crippen molar-refractivity contribution < 1.29 is 8.42 Å². The molecule has 0 spiro atoms. The van der Waals surface area contributed by atoms with Crippen LogP contribution in [0.4, 0.5) is 0 Å². The topological polar surface area (TPSA) is 49.4 Å². The Morgan fingerprint density at radius 2 is 1.85 bits per heavy atom. The van der Waals surface area contributed by atoms with E-state index in [0.717, 1.165) is 0 Å². The van der Waals surface area contributed by atoms with Gasteiger partial charge in [-0.2, -0.15) is 4.31 Å². The quantitative estimate of drug-likeness (QED) is 0.866. The number of hydrogen-bond donors (Lipinski definition) is 1. The van der Waals surface area contributed by atoms with E-state index in [1.54, 1.807) is 20.0 Å². The molecule has 114 valence electrons. The molecular weight excluding hydrogens is 319 g/mol. The van der Waals surface area contributed by atoms with Gasteiger partial charge in [0.25, 0.3) is 0 Å². The third-order valence-corrected chi connectivity index (χ3v) is 5.91. The van der Waals surface area contributed by atoms with Crippen molar-refractivity contribution in [3.63, 3.8) is 0 Å². The molecule has 0 saturated carbocycles. The highest BCUT2D eigenvalue weighted by Crippen LogP contribution is 2.31. The highest BCUT2D eigenvalue weighted by atomic mass is 35.5. The summed E-state index contributed by atoms with van der Waals surface area (Å²) in [7, 11) is -1.85. The molecule has 0 amide bonds. The van der Waals surface area contributed by atoms with Crippen LogP contribution in [0.3, 0.4) is 0 Å². The first-order chi connectivity index (χ1) is 9.25. The molecule has 0 aliphatic rings. The van der Waals surface area contributed by atoms with E-state index in [1.807, 2.05) is 13.8 Å². The molecule has 1 rings (SSSR count). The normalized spacial score (nSPS) is 12.4. The summed E-state index contributed by atoms with van der Waals surface area (Å²) in [6, 6.07) is 2.89. The molecule has 7 heteroatoms. The Hall–Kier alpha value is -0.330. The van der Waals surface area contributed by atoms with Gasteiger partial charge in [-0.3, -0.25) is 0 Å². The number of benzene rings is 1. The van der Waals surface area contributed by atoms with Gasteiger partial charge >= 0.3 is 0 Å². The Morgan fingerprint density at radius 3 is 2.30 bits per heavy atom. The van der Waals surface area contributed by atoms with Gasteiger partial charge in [0.05, 0.1) is 5.02 Å². The molecule has 1 N–H and O–H groups in total. The maximum atomic E-state index is 12.7. The molecule has 0 aliphatic heterocycles. The van der Waals surface area contributed by atoms with E-state index < -0.39 is 10.0 Å². The SMILES string of the molecule is CCN(C(C)C)S(=O)(=O)c1cc(CNC)c(Cl)cc1Cl. The standard InChI is InChI=1S/C13H20Cl2N2O2S/c1-5-17(9(2)3)20(18,19)13-6-10(8-16-4)11(14)7-12(13)15/h6-7,9,16H,5,8H2,1-4H3. The van der Waals surface area contributed by atoms with E-state index >= 15 is 0 Å². The maximum Gasteiger partial charge on any atom is 0.244 e. The van der Waals surface area contributed by atoms with Gasteiger partial charge in [-0.05, 0) is 38.6 Å². The fourth-order valence-electron chi connectivity index (χ4n) is 2.03. The van der Waals surface area contributed by atoms with Gasteiger partial charge < -0.3 is 5.32 Å². The Bertz CT molecular complexity index is 574. The number of hydrogen-bond acceptors (Lipinski definition) is 3. The molecule has 0 fully saturated rings. The zero-order chi connectivity index (χ0) is 15.5. The summed E-state index contributed by atoms with van der Waals surface area (Å²) in [5.41, 5.74) is 0.706. The van der Waals surface area contributed by atoms with Crippen molar-refractivity contribution in [1.29, 1.82) is 0 Å². The Labute approximate surface area is 131 Å². The third kappa shape index (κ3) is 3.65. The van der Waals surface area contributed by atoms with Crippen molar-refractivity contribution in [3.8, 4) is 0 Å². The van der Waals surface area contributed by atoms with Crippen LogP contribution in [0.25, 0.3) is 0 Å². The number of nitrogens with zero attached hydrogens (tertiary/aromatic N) is 1. The molecule has 0 atom stereocenters. The largest absolute Gasteiger partial charge is 0.316 e. The lowest BCUT2D eigenvalue weighted by Gasteiger charge is -2.25. The van der Waals surface area contributed by atoms with Crippen molar-refractivity contribution in [2.24, 2.45) is 0 Å². The van der Waals surface area contributed by atoms with E-state index in [2.05, 4.69) is 5.32 Å². The lowest BCUT2D eigenvalue weighted by molar-refractivity contribution is 0.369. The Kier molecular flexibility index (Phi) is 6.28. The summed E-state index contributed by atoms with van der Waals surface area (Å²) in [5, 5.41) is 3.55. The fraction of sp³-hybridized carbons (Fsp3) is 0.538. The number of halogens is 2. The Morgan fingerprint density at radius 1 is 1.25 bits per heavy atom. The molecule has 0 unspecified atom stereocenters. The molecule has 0 radical (unpaired) electrons. The average Bonchev–Trinajstić information content (AvgIpc) is 2.32. The predicted molar refractivity (Wildman–Crippen MR) is 83.9 cm³/mol. The molecule has 0 aromatic heterocycles. The summed E-state index contributed by atoms with van der Waals surface area (Å²) >= 11 is 12.2. The number of rotatable bonds is 6. The molecule has 0 bridgehead atoms. The van der Waals surface area contributed by atoms with Crippen molar-refractivity contribution in [2.45, 2.75) is 38.3 Å². The van der Waals surface area contributed by atoms with Gasteiger partial charge in [-0.1, -0.05) is 30.1 Å². The van der Waals surface area contributed by atoms with Crippen LogP contribution in [0.2, 0.25) is 10.0 Å². The molecule has 0 aliphatic carbocycles. The van der Waals surface area contributed by atoms with Crippen LogP contribution in [0.5, 0.6) is 0 Å². The molecule has 20 heavy (non-hydrogen) atoms. The van der Waals surface area contributed by atoms with Crippen LogP contribution in [0, 0.1) is 0 Å². The van der Waals surface area contributed by atoms with Gasteiger partial charge in [0.1, 0.15) is 4.90 Å². The lowest BCUT2D eigenvalue weighted by Crippen LogP contribution is -2.36.